The third-order valence-corrected chi connectivity index (χ3v) is 2.77. The number of amides is 1. The lowest BCUT2D eigenvalue weighted by Gasteiger charge is -2.08. The quantitative estimate of drug-likeness (QED) is 0.509. The summed E-state index contributed by atoms with van der Waals surface area (Å²) in [5.74, 6) is -0.400. The molecule has 0 saturated heterocycles. The van der Waals surface area contributed by atoms with E-state index in [0.29, 0.717) is 16.9 Å². The van der Waals surface area contributed by atoms with Crippen molar-refractivity contribution in [3.63, 3.8) is 0 Å². The zero-order chi connectivity index (χ0) is 14.7. The Bertz CT molecular complexity index is 683. The molecule has 2 aromatic rings. The van der Waals surface area contributed by atoms with Gasteiger partial charge in [0.25, 0.3) is 11.6 Å². The van der Waals surface area contributed by atoms with E-state index in [4.69, 9.17) is 5.73 Å². The Kier molecular flexibility index (Phi) is 3.65. The third kappa shape index (κ3) is 2.92. The van der Waals surface area contributed by atoms with E-state index >= 15 is 0 Å². The number of nitro groups is 1. The van der Waals surface area contributed by atoms with Crippen LogP contribution in [0, 0.1) is 17.0 Å². The molecule has 102 valence electrons. The molecule has 0 heterocycles. The fourth-order valence-corrected chi connectivity index (χ4v) is 1.78. The largest absolute Gasteiger partial charge is 0.398 e. The van der Waals surface area contributed by atoms with Crippen molar-refractivity contribution in [2.75, 3.05) is 11.1 Å². The van der Waals surface area contributed by atoms with Crippen molar-refractivity contribution in [3.05, 3.63) is 63.7 Å². The highest BCUT2D eigenvalue weighted by Crippen LogP contribution is 2.19. The van der Waals surface area contributed by atoms with Gasteiger partial charge < -0.3 is 11.1 Å². The van der Waals surface area contributed by atoms with Crippen LogP contribution in [0.1, 0.15) is 15.9 Å². The fraction of sp³-hybridized carbons (Fsp3) is 0.0714. The summed E-state index contributed by atoms with van der Waals surface area (Å²) in [5, 5.41) is 13.3. The van der Waals surface area contributed by atoms with Gasteiger partial charge in [0.15, 0.2) is 0 Å². The minimum Gasteiger partial charge on any atom is -0.398 e. The number of nitro benzene ring substituents is 1. The van der Waals surface area contributed by atoms with Gasteiger partial charge in [0.2, 0.25) is 0 Å². The van der Waals surface area contributed by atoms with Crippen molar-refractivity contribution in [3.8, 4) is 0 Å². The molecule has 0 saturated carbocycles. The standard InChI is InChI=1S/C14H13N3O3/c1-9-5-6-12(13(15)7-9)14(18)16-10-3-2-4-11(8-10)17(19)20/h2-8H,15H2,1H3,(H,16,18). The summed E-state index contributed by atoms with van der Waals surface area (Å²) < 4.78 is 0. The molecule has 0 aliphatic carbocycles. The Balaban J connectivity index is 2.23. The molecule has 0 aliphatic heterocycles. The van der Waals surface area contributed by atoms with Crippen molar-refractivity contribution >= 4 is 23.0 Å². The molecule has 0 unspecified atom stereocenters. The topological polar surface area (TPSA) is 98.3 Å². The molecule has 3 N–H and O–H groups in total. The third-order valence-electron chi connectivity index (χ3n) is 2.77. The lowest BCUT2D eigenvalue weighted by molar-refractivity contribution is -0.384. The first-order chi connectivity index (χ1) is 9.47. The number of nitrogen functional groups attached to an aromatic ring is 1. The van der Waals surface area contributed by atoms with Gasteiger partial charge in [-0.05, 0) is 30.7 Å². The van der Waals surface area contributed by atoms with E-state index in [1.165, 1.54) is 18.2 Å². The molecule has 0 fully saturated rings. The zero-order valence-electron chi connectivity index (χ0n) is 10.8. The summed E-state index contributed by atoms with van der Waals surface area (Å²) in [6.07, 6.45) is 0. The van der Waals surface area contributed by atoms with Crippen molar-refractivity contribution < 1.29 is 9.72 Å². The van der Waals surface area contributed by atoms with Crippen LogP contribution in [0.3, 0.4) is 0 Å². The van der Waals surface area contributed by atoms with Gasteiger partial charge in [0.05, 0.1) is 10.5 Å². The van der Waals surface area contributed by atoms with Gasteiger partial charge >= 0.3 is 0 Å². The molecule has 2 rings (SSSR count). The maximum atomic E-state index is 12.1. The second kappa shape index (κ2) is 5.40. The number of anilines is 2. The molecule has 0 atom stereocenters. The number of nitrogens with two attached hydrogens (primary N) is 1. The van der Waals surface area contributed by atoms with Crippen LogP contribution in [-0.2, 0) is 0 Å². The molecule has 1 amide bonds. The Morgan fingerprint density at radius 1 is 1.25 bits per heavy atom. The number of aryl methyl sites for hydroxylation is 1. The number of nitrogens with one attached hydrogen (secondary N) is 1. The van der Waals surface area contributed by atoms with Crippen molar-refractivity contribution in [1.82, 2.24) is 0 Å². The summed E-state index contributed by atoms with van der Waals surface area (Å²) in [6.45, 7) is 1.87. The van der Waals surface area contributed by atoms with Crippen LogP contribution in [0.4, 0.5) is 17.1 Å². The SMILES string of the molecule is Cc1ccc(C(=O)Nc2cccc([N+](=O)[O-])c2)c(N)c1. The molecular formula is C14H13N3O3. The second-order valence-corrected chi connectivity index (χ2v) is 4.35. The number of hydrogen-bond acceptors (Lipinski definition) is 4. The van der Waals surface area contributed by atoms with Crippen LogP contribution in [-0.4, -0.2) is 10.8 Å². The molecule has 0 aromatic heterocycles. The average Bonchev–Trinajstić information content (AvgIpc) is 2.38. The molecular weight excluding hydrogens is 258 g/mol. The van der Waals surface area contributed by atoms with Crippen molar-refractivity contribution in [2.24, 2.45) is 0 Å². The van der Waals surface area contributed by atoms with E-state index in [-0.39, 0.29) is 5.69 Å². The molecule has 6 heteroatoms. The van der Waals surface area contributed by atoms with Crippen LogP contribution in [0.2, 0.25) is 0 Å². The zero-order valence-corrected chi connectivity index (χ0v) is 10.8. The van der Waals surface area contributed by atoms with Crippen LogP contribution >= 0.6 is 0 Å². The van der Waals surface area contributed by atoms with Gasteiger partial charge in [-0.1, -0.05) is 12.1 Å². The number of carbonyl (C=O) groups is 1. The molecule has 0 bridgehead atoms. The lowest BCUT2D eigenvalue weighted by Crippen LogP contribution is -2.14. The number of non-ortho nitro benzene ring substituents is 1. The van der Waals surface area contributed by atoms with Gasteiger partial charge in [-0.2, -0.15) is 0 Å². The van der Waals surface area contributed by atoms with E-state index in [1.54, 1.807) is 24.3 Å². The number of rotatable bonds is 3. The van der Waals surface area contributed by atoms with Crippen molar-refractivity contribution in [2.45, 2.75) is 6.92 Å². The van der Waals surface area contributed by atoms with Gasteiger partial charge in [-0.3, -0.25) is 14.9 Å². The number of carbonyl (C=O) groups excluding carboxylic acids is 1. The Morgan fingerprint density at radius 2 is 2.00 bits per heavy atom. The minimum atomic E-state index is -0.518. The number of benzene rings is 2. The first-order valence-electron chi connectivity index (χ1n) is 5.89. The van der Waals surface area contributed by atoms with E-state index in [9.17, 15) is 14.9 Å². The first kappa shape index (κ1) is 13.5. The Morgan fingerprint density at radius 3 is 2.65 bits per heavy atom. The lowest BCUT2D eigenvalue weighted by atomic mass is 10.1. The average molecular weight is 271 g/mol. The van der Waals surface area contributed by atoms with Gasteiger partial charge in [-0.25, -0.2) is 0 Å². The first-order valence-corrected chi connectivity index (χ1v) is 5.89. The fourth-order valence-electron chi connectivity index (χ4n) is 1.78. The highest BCUT2D eigenvalue weighted by molar-refractivity contribution is 6.07. The van der Waals surface area contributed by atoms with Crippen molar-refractivity contribution in [1.29, 1.82) is 0 Å². The summed E-state index contributed by atoms with van der Waals surface area (Å²) in [5.41, 5.74) is 7.71. The Labute approximate surface area is 115 Å². The highest BCUT2D eigenvalue weighted by atomic mass is 16.6. The molecule has 2 aromatic carbocycles. The predicted octanol–water partition coefficient (Wildman–Crippen LogP) is 2.74. The van der Waals surface area contributed by atoms with E-state index in [0.717, 1.165) is 5.56 Å². The predicted molar refractivity (Wildman–Crippen MR) is 76.6 cm³/mol. The number of hydrogen-bond donors (Lipinski definition) is 2. The molecule has 6 nitrogen and oxygen atoms in total. The maximum Gasteiger partial charge on any atom is 0.271 e. The summed E-state index contributed by atoms with van der Waals surface area (Å²) in [4.78, 5) is 22.2. The maximum absolute atomic E-state index is 12.1. The van der Waals surface area contributed by atoms with E-state index < -0.39 is 10.8 Å². The van der Waals surface area contributed by atoms with Gasteiger partial charge in [0.1, 0.15) is 0 Å². The second-order valence-electron chi connectivity index (χ2n) is 4.35. The summed E-state index contributed by atoms with van der Waals surface area (Å²) in [6, 6.07) is 10.8. The normalized spacial score (nSPS) is 10.1. The molecule has 20 heavy (non-hydrogen) atoms. The van der Waals surface area contributed by atoms with Crippen LogP contribution in [0.15, 0.2) is 42.5 Å². The van der Waals surface area contributed by atoms with Gasteiger partial charge in [-0.15, -0.1) is 0 Å². The highest BCUT2D eigenvalue weighted by Gasteiger charge is 2.12. The minimum absolute atomic E-state index is 0.0836. The Hall–Kier alpha value is -2.89. The molecule has 0 aliphatic rings. The van der Waals surface area contributed by atoms with Gasteiger partial charge in [0, 0.05) is 23.5 Å². The molecule has 0 spiro atoms. The summed E-state index contributed by atoms with van der Waals surface area (Å²) >= 11 is 0. The van der Waals surface area contributed by atoms with Crippen LogP contribution in [0.5, 0.6) is 0 Å². The van der Waals surface area contributed by atoms with E-state index in [2.05, 4.69) is 5.32 Å². The number of nitrogens with zero attached hydrogens (tertiary/aromatic N) is 1. The summed E-state index contributed by atoms with van der Waals surface area (Å²) in [7, 11) is 0. The van der Waals surface area contributed by atoms with E-state index in [1.807, 2.05) is 6.92 Å². The monoisotopic (exact) mass is 271 g/mol. The smallest absolute Gasteiger partial charge is 0.271 e. The van der Waals surface area contributed by atoms with Crippen LogP contribution in [0.25, 0.3) is 0 Å². The van der Waals surface area contributed by atoms with Crippen LogP contribution < -0.4 is 11.1 Å². The molecule has 0 radical (unpaired) electrons.